The maximum atomic E-state index is 6.26. The molecule has 0 aromatic heterocycles. The molecule has 1 aromatic carbocycles. The maximum absolute atomic E-state index is 6.26. The van der Waals surface area contributed by atoms with E-state index in [2.05, 4.69) is 49.3 Å². The van der Waals surface area contributed by atoms with Gasteiger partial charge in [0.05, 0.1) is 0 Å². The molecule has 96 valence electrons. The Kier molecular flexibility index (Phi) is 4.86. The van der Waals surface area contributed by atoms with E-state index in [9.17, 15) is 0 Å². The Morgan fingerprint density at radius 2 is 1.94 bits per heavy atom. The van der Waals surface area contributed by atoms with Gasteiger partial charge >= 0.3 is 0 Å². The van der Waals surface area contributed by atoms with Crippen molar-refractivity contribution in [1.82, 2.24) is 0 Å². The Balaban J connectivity index is 3.07. The maximum Gasteiger partial charge on any atom is 0.198 e. The smallest absolute Gasteiger partial charge is 0.198 e. The first-order valence-corrected chi connectivity index (χ1v) is 9.47. The molecule has 1 nitrogen and oxygen atoms in total. The van der Waals surface area contributed by atoms with Crippen molar-refractivity contribution in [2.24, 2.45) is 0 Å². The van der Waals surface area contributed by atoms with E-state index in [0.29, 0.717) is 0 Å². The van der Waals surface area contributed by atoms with Crippen molar-refractivity contribution in [3.05, 3.63) is 33.3 Å². The number of halogens is 2. The van der Waals surface area contributed by atoms with Gasteiger partial charge in [0.15, 0.2) is 8.32 Å². The highest BCUT2D eigenvalue weighted by molar-refractivity contribution is 9.10. The summed E-state index contributed by atoms with van der Waals surface area (Å²) in [6.45, 7) is 9.00. The summed E-state index contributed by atoms with van der Waals surface area (Å²) >= 11 is 9.75. The summed E-state index contributed by atoms with van der Waals surface area (Å²) in [4.78, 5) is 0. The minimum absolute atomic E-state index is 0.188. The minimum Gasteiger partial charge on any atom is -0.419 e. The van der Waals surface area contributed by atoms with Gasteiger partial charge in [-0.15, -0.1) is 0 Å². The van der Waals surface area contributed by atoms with Crippen molar-refractivity contribution in [2.45, 2.75) is 38.4 Å². The first kappa shape index (κ1) is 15.2. The molecule has 1 unspecified atom stereocenters. The number of benzene rings is 1. The molecule has 1 atom stereocenters. The van der Waals surface area contributed by atoms with Crippen LogP contribution in [0.2, 0.25) is 16.6 Å². The zero-order chi connectivity index (χ0) is 13.3. The average Bonchev–Trinajstić information content (AvgIpc) is 2.21. The normalized spacial score (nSPS) is 15.7. The van der Waals surface area contributed by atoms with Crippen LogP contribution in [-0.2, 0) is 10.5 Å². The molecule has 0 fully saturated rings. The average molecular weight is 336 g/mol. The van der Waals surface area contributed by atoms with Crippen molar-refractivity contribution in [2.75, 3.05) is 7.11 Å². The van der Waals surface area contributed by atoms with E-state index in [-0.39, 0.29) is 5.04 Å². The van der Waals surface area contributed by atoms with Crippen molar-refractivity contribution in [3.8, 4) is 0 Å². The van der Waals surface area contributed by atoms with Gasteiger partial charge in [-0.1, -0.05) is 48.3 Å². The second-order valence-electron chi connectivity index (χ2n) is 5.60. The molecular formula is C13H20BrClOSi. The Hall–Kier alpha value is 0.167. The summed E-state index contributed by atoms with van der Waals surface area (Å²) in [6, 6.07) is 6.94. The van der Waals surface area contributed by atoms with Gasteiger partial charge in [-0.2, -0.15) is 0 Å². The second-order valence-corrected chi connectivity index (χ2v) is 11.6. The molecule has 0 saturated carbocycles. The van der Waals surface area contributed by atoms with E-state index in [0.717, 1.165) is 15.5 Å². The van der Waals surface area contributed by atoms with E-state index in [4.69, 9.17) is 16.0 Å². The van der Waals surface area contributed by atoms with Crippen molar-refractivity contribution in [1.29, 1.82) is 0 Å². The van der Waals surface area contributed by atoms with Crippen LogP contribution in [-0.4, -0.2) is 15.4 Å². The number of hydrogen-bond donors (Lipinski definition) is 0. The topological polar surface area (TPSA) is 9.23 Å². The summed E-state index contributed by atoms with van der Waals surface area (Å²) in [5.41, 5.74) is 1.17. The van der Waals surface area contributed by atoms with Crippen LogP contribution >= 0.6 is 27.5 Å². The van der Waals surface area contributed by atoms with Crippen LogP contribution in [0.3, 0.4) is 0 Å². The summed E-state index contributed by atoms with van der Waals surface area (Å²) in [7, 11) is -0.00261. The molecule has 0 radical (unpaired) electrons. The summed E-state index contributed by atoms with van der Waals surface area (Å²) in [6.07, 6.45) is 0. The van der Waals surface area contributed by atoms with Crippen LogP contribution in [0.4, 0.5) is 0 Å². The van der Waals surface area contributed by atoms with E-state index < -0.39 is 8.32 Å². The fraction of sp³-hybridized carbons (Fsp3) is 0.538. The van der Waals surface area contributed by atoms with Gasteiger partial charge < -0.3 is 4.43 Å². The number of rotatable bonds is 3. The quantitative estimate of drug-likeness (QED) is 0.689. The first-order valence-electron chi connectivity index (χ1n) is 5.69. The van der Waals surface area contributed by atoms with E-state index in [1.165, 1.54) is 5.56 Å². The molecule has 1 aromatic rings. The molecule has 0 aliphatic rings. The monoisotopic (exact) mass is 334 g/mol. The molecule has 0 amide bonds. The molecule has 0 saturated heterocycles. The van der Waals surface area contributed by atoms with E-state index in [1.807, 2.05) is 19.2 Å². The first-order chi connectivity index (χ1) is 7.69. The van der Waals surface area contributed by atoms with Crippen LogP contribution in [0.1, 0.15) is 26.3 Å². The van der Waals surface area contributed by atoms with Crippen LogP contribution < -0.4 is 0 Å². The number of hydrogen-bond acceptors (Lipinski definition) is 1. The van der Waals surface area contributed by atoms with Crippen LogP contribution in [0, 0.1) is 0 Å². The lowest BCUT2D eigenvalue weighted by molar-refractivity contribution is 0.365. The molecule has 0 heterocycles. The summed E-state index contributed by atoms with van der Waals surface area (Å²) < 4.78 is 6.93. The lowest BCUT2D eigenvalue weighted by Crippen LogP contribution is -2.45. The fourth-order valence-electron chi connectivity index (χ4n) is 1.69. The third kappa shape index (κ3) is 3.57. The highest BCUT2D eigenvalue weighted by Gasteiger charge is 2.41. The molecule has 0 N–H and O–H groups in total. The van der Waals surface area contributed by atoms with Crippen molar-refractivity contribution >= 4 is 35.8 Å². The molecule has 0 bridgehead atoms. The summed E-state index contributed by atoms with van der Waals surface area (Å²) in [5, 5.41) is 1.01. The summed E-state index contributed by atoms with van der Waals surface area (Å²) in [5.74, 6) is 0. The van der Waals surface area contributed by atoms with Crippen molar-refractivity contribution in [3.63, 3.8) is 0 Å². The molecular weight excluding hydrogens is 316 g/mol. The van der Waals surface area contributed by atoms with E-state index in [1.54, 1.807) is 0 Å². The molecule has 0 aliphatic carbocycles. The van der Waals surface area contributed by atoms with Crippen LogP contribution in [0.5, 0.6) is 0 Å². The predicted octanol–water partition coefficient (Wildman–Crippen LogP) is 5.21. The lowest BCUT2D eigenvalue weighted by Gasteiger charge is -2.38. The molecule has 17 heavy (non-hydrogen) atoms. The van der Waals surface area contributed by atoms with Gasteiger partial charge in [0, 0.05) is 16.6 Å². The van der Waals surface area contributed by atoms with Crippen LogP contribution in [0.15, 0.2) is 22.7 Å². The molecule has 0 spiro atoms. The lowest BCUT2D eigenvalue weighted by atomic mass is 10.2. The van der Waals surface area contributed by atoms with E-state index >= 15 is 0 Å². The van der Waals surface area contributed by atoms with Gasteiger partial charge in [-0.05, 0) is 41.4 Å². The van der Waals surface area contributed by atoms with Crippen molar-refractivity contribution < 1.29 is 4.43 Å². The largest absolute Gasteiger partial charge is 0.419 e. The minimum atomic E-state index is -1.83. The molecule has 4 heteroatoms. The fourth-order valence-corrected chi connectivity index (χ4v) is 4.70. The Bertz CT molecular complexity index is 403. The molecule has 1 rings (SSSR count). The zero-order valence-electron chi connectivity index (χ0n) is 11.1. The van der Waals surface area contributed by atoms with Gasteiger partial charge in [-0.3, -0.25) is 0 Å². The standard InChI is InChI=1S/C13H20BrClOSi/c1-13(2,3)17(5,16-4)9-10-8-11(14)6-7-12(10)15/h6-8H,9H2,1-5H3. The molecule has 0 aliphatic heterocycles. The predicted molar refractivity (Wildman–Crippen MR) is 81.2 cm³/mol. The Labute approximate surface area is 119 Å². The zero-order valence-corrected chi connectivity index (χ0v) is 14.4. The van der Waals surface area contributed by atoms with Gasteiger partial charge in [0.1, 0.15) is 0 Å². The third-order valence-corrected chi connectivity index (χ3v) is 9.56. The SMILES string of the molecule is CO[Si](C)(Cc1cc(Br)ccc1Cl)C(C)(C)C. The highest BCUT2D eigenvalue weighted by atomic mass is 79.9. The highest BCUT2D eigenvalue weighted by Crippen LogP contribution is 2.39. The van der Waals surface area contributed by atoms with Gasteiger partial charge in [0.2, 0.25) is 0 Å². The third-order valence-electron chi connectivity index (χ3n) is 3.57. The Morgan fingerprint density at radius 3 is 2.41 bits per heavy atom. The Morgan fingerprint density at radius 1 is 1.35 bits per heavy atom. The van der Waals surface area contributed by atoms with Gasteiger partial charge in [0.25, 0.3) is 0 Å². The van der Waals surface area contributed by atoms with Gasteiger partial charge in [-0.25, -0.2) is 0 Å². The van der Waals surface area contributed by atoms with Crippen LogP contribution in [0.25, 0.3) is 0 Å². The second kappa shape index (κ2) is 5.43.